The minimum atomic E-state index is -0.476. The van der Waals surface area contributed by atoms with Gasteiger partial charge in [-0.25, -0.2) is 9.97 Å². The molecule has 0 aliphatic carbocycles. The number of aliphatic hydroxyl groups is 1. The van der Waals surface area contributed by atoms with Crippen LogP contribution >= 0.6 is 0 Å². The Morgan fingerprint density at radius 2 is 1.73 bits per heavy atom. The van der Waals surface area contributed by atoms with Crippen molar-refractivity contribution in [2.75, 3.05) is 31.9 Å². The van der Waals surface area contributed by atoms with Crippen LogP contribution in [0.5, 0.6) is 0 Å². The highest BCUT2D eigenvalue weighted by Gasteiger charge is 2.34. The molecule has 7 nitrogen and oxygen atoms in total. The molecule has 0 aromatic carbocycles. The summed E-state index contributed by atoms with van der Waals surface area (Å²) in [6.07, 6.45) is 5.61. The maximum atomic E-state index is 12.8. The Bertz CT molecular complexity index is 620. The third-order valence-electron chi connectivity index (χ3n) is 5.77. The summed E-state index contributed by atoms with van der Waals surface area (Å²) in [5.41, 5.74) is 8.01. The largest absolute Gasteiger partial charge is 0.390 e. The number of nitrogens with zero attached hydrogens (tertiary/aromatic N) is 4. The Labute approximate surface area is 155 Å². The monoisotopic (exact) mass is 361 g/mol. The number of anilines is 1. The molecular weight excluding hydrogens is 330 g/mol. The zero-order valence-electron chi connectivity index (χ0n) is 15.9. The number of nitrogen functional groups attached to an aromatic ring is 1. The van der Waals surface area contributed by atoms with Gasteiger partial charge >= 0.3 is 0 Å². The lowest BCUT2D eigenvalue weighted by Crippen LogP contribution is -2.55. The van der Waals surface area contributed by atoms with Gasteiger partial charge in [0.05, 0.1) is 12.5 Å². The van der Waals surface area contributed by atoms with Crippen LogP contribution in [-0.4, -0.2) is 69.1 Å². The number of likely N-dealkylation sites (tertiary alicyclic amines) is 2. The molecule has 1 amide bonds. The number of hydrogen-bond acceptors (Lipinski definition) is 6. The number of piperidine rings is 1. The average Bonchev–Trinajstić information content (AvgIpc) is 2.87. The van der Waals surface area contributed by atoms with Crippen LogP contribution in [0.25, 0.3) is 0 Å². The molecule has 2 saturated heterocycles. The molecule has 0 unspecified atom stereocenters. The van der Waals surface area contributed by atoms with E-state index in [9.17, 15) is 9.90 Å². The molecule has 2 aliphatic heterocycles. The van der Waals surface area contributed by atoms with Gasteiger partial charge in [0.15, 0.2) is 0 Å². The molecule has 0 spiro atoms. The van der Waals surface area contributed by atoms with E-state index in [1.165, 1.54) is 25.7 Å². The molecule has 7 heteroatoms. The Balaban J connectivity index is 1.60. The molecule has 2 atom stereocenters. The summed E-state index contributed by atoms with van der Waals surface area (Å²) in [7, 11) is 0. The number of amides is 1. The van der Waals surface area contributed by atoms with E-state index in [0.717, 1.165) is 36.5 Å². The first kappa shape index (κ1) is 19.0. The number of nitrogens with two attached hydrogens (primary N) is 1. The van der Waals surface area contributed by atoms with Gasteiger partial charge in [-0.1, -0.05) is 12.8 Å². The summed E-state index contributed by atoms with van der Waals surface area (Å²) in [6.45, 7) is 6.95. The fraction of sp³-hybridized carbons (Fsp3) is 0.737. The molecule has 3 rings (SSSR count). The molecule has 0 bridgehead atoms. The lowest BCUT2D eigenvalue weighted by Gasteiger charge is -2.41. The minimum Gasteiger partial charge on any atom is -0.390 e. The van der Waals surface area contributed by atoms with Crippen LogP contribution < -0.4 is 5.73 Å². The second-order valence-electron chi connectivity index (χ2n) is 7.62. The molecule has 1 aromatic heterocycles. The van der Waals surface area contributed by atoms with E-state index in [1.807, 2.05) is 13.8 Å². The summed E-state index contributed by atoms with van der Waals surface area (Å²) < 4.78 is 0. The highest BCUT2D eigenvalue weighted by molar-refractivity contribution is 5.79. The quantitative estimate of drug-likeness (QED) is 0.836. The molecule has 3 N–H and O–H groups in total. The van der Waals surface area contributed by atoms with Gasteiger partial charge < -0.3 is 15.7 Å². The van der Waals surface area contributed by atoms with E-state index < -0.39 is 6.10 Å². The van der Waals surface area contributed by atoms with Gasteiger partial charge in [0.25, 0.3) is 0 Å². The van der Waals surface area contributed by atoms with E-state index in [4.69, 9.17) is 5.73 Å². The number of aryl methyl sites for hydroxylation is 2. The first-order valence-corrected chi connectivity index (χ1v) is 9.75. The first-order valence-electron chi connectivity index (χ1n) is 9.75. The smallest absolute Gasteiger partial charge is 0.227 e. The topological polar surface area (TPSA) is 95.6 Å². The van der Waals surface area contributed by atoms with Crippen LogP contribution in [0, 0.1) is 13.8 Å². The SMILES string of the molecule is Cc1nc(N)nc(C)c1CC(=O)N1CC[C@@H](N2CCCCCC2)[C@H](O)C1. The van der Waals surface area contributed by atoms with Crippen LogP contribution in [0.4, 0.5) is 5.95 Å². The molecule has 144 valence electrons. The Morgan fingerprint density at radius 1 is 1.12 bits per heavy atom. The molecule has 2 fully saturated rings. The maximum Gasteiger partial charge on any atom is 0.227 e. The third kappa shape index (κ3) is 4.32. The first-order chi connectivity index (χ1) is 12.5. The molecule has 3 heterocycles. The molecular formula is C19H31N5O2. The Kier molecular flexibility index (Phi) is 6.09. The van der Waals surface area contributed by atoms with E-state index in [2.05, 4.69) is 14.9 Å². The van der Waals surface area contributed by atoms with Gasteiger partial charge in [0.1, 0.15) is 0 Å². The number of hydrogen-bond donors (Lipinski definition) is 2. The number of aliphatic hydroxyl groups excluding tert-OH is 1. The number of aromatic nitrogens is 2. The molecule has 0 radical (unpaired) electrons. The highest BCUT2D eigenvalue weighted by Crippen LogP contribution is 2.22. The van der Waals surface area contributed by atoms with Crippen LogP contribution in [0.2, 0.25) is 0 Å². The minimum absolute atomic E-state index is 0.0259. The fourth-order valence-corrected chi connectivity index (χ4v) is 4.28. The number of β-amino-alcohol motifs (C(OH)–C–C–N with tert-alkyl or cyclic N) is 1. The average molecular weight is 361 g/mol. The summed E-state index contributed by atoms with van der Waals surface area (Å²) in [5, 5.41) is 10.7. The summed E-state index contributed by atoms with van der Waals surface area (Å²) in [4.78, 5) is 25.3. The van der Waals surface area contributed by atoms with Gasteiger partial charge in [0.2, 0.25) is 11.9 Å². The summed E-state index contributed by atoms with van der Waals surface area (Å²) in [5.74, 6) is 0.267. The van der Waals surface area contributed by atoms with Crippen molar-refractivity contribution >= 4 is 11.9 Å². The number of rotatable bonds is 3. The van der Waals surface area contributed by atoms with Gasteiger partial charge in [-0.05, 0) is 46.2 Å². The molecule has 2 aliphatic rings. The van der Waals surface area contributed by atoms with Crippen molar-refractivity contribution in [2.24, 2.45) is 0 Å². The molecule has 1 aromatic rings. The number of carbonyl (C=O) groups excluding carboxylic acids is 1. The van der Waals surface area contributed by atoms with Crippen molar-refractivity contribution in [3.8, 4) is 0 Å². The lowest BCUT2D eigenvalue weighted by molar-refractivity contribution is -0.135. The maximum absolute atomic E-state index is 12.8. The van der Waals surface area contributed by atoms with Gasteiger partial charge in [-0.3, -0.25) is 9.69 Å². The van der Waals surface area contributed by atoms with Crippen molar-refractivity contribution in [2.45, 2.75) is 64.5 Å². The van der Waals surface area contributed by atoms with Crippen LogP contribution in [0.1, 0.15) is 49.1 Å². The van der Waals surface area contributed by atoms with E-state index in [1.54, 1.807) is 4.90 Å². The van der Waals surface area contributed by atoms with Crippen molar-refractivity contribution in [1.82, 2.24) is 19.8 Å². The van der Waals surface area contributed by atoms with Crippen molar-refractivity contribution in [3.05, 3.63) is 17.0 Å². The van der Waals surface area contributed by atoms with Crippen molar-refractivity contribution in [1.29, 1.82) is 0 Å². The predicted molar refractivity (Wildman–Crippen MR) is 101 cm³/mol. The molecule has 26 heavy (non-hydrogen) atoms. The normalized spacial score (nSPS) is 25.1. The van der Waals surface area contributed by atoms with Crippen molar-refractivity contribution in [3.63, 3.8) is 0 Å². The van der Waals surface area contributed by atoms with Gasteiger partial charge in [-0.2, -0.15) is 0 Å². The van der Waals surface area contributed by atoms with Crippen LogP contribution in [0.3, 0.4) is 0 Å². The van der Waals surface area contributed by atoms with E-state index in [-0.39, 0.29) is 24.3 Å². The van der Waals surface area contributed by atoms with Gasteiger partial charge in [0, 0.05) is 36.1 Å². The standard InChI is InChI=1S/C19H31N5O2/c1-13-15(14(2)22-19(20)21-13)11-18(26)24-10-7-16(17(25)12-24)23-8-5-3-4-6-9-23/h16-17,25H,3-12H2,1-2H3,(H2,20,21,22)/t16-,17-/m1/s1. The molecule has 0 saturated carbocycles. The Morgan fingerprint density at radius 3 is 2.31 bits per heavy atom. The predicted octanol–water partition coefficient (Wildman–Crippen LogP) is 1.06. The lowest BCUT2D eigenvalue weighted by atomic mass is 9.98. The highest BCUT2D eigenvalue weighted by atomic mass is 16.3. The second kappa shape index (κ2) is 8.31. The van der Waals surface area contributed by atoms with Gasteiger partial charge in [-0.15, -0.1) is 0 Å². The number of carbonyl (C=O) groups is 1. The fourth-order valence-electron chi connectivity index (χ4n) is 4.28. The van der Waals surface area contributed by atoms with E-state index >= 15 is 0 Å². The van der Waals surface area contributed by atoms with E-state index in [0.29, 0.717) is 13.1 Å². The van der Waals surface area contributed by atoms with Crippen LogP contribution in [0.15, 0.2) is 0 Å². The Hall–Kier alpha value is -1.73. The zero-order chi connectivity index (χ0) is 18.7. The zero-order valence-corrected chi connectivity index (χ0v) is 15.9. The van der Waals surface area contributed by atoms with Crippen molar-refractivity contribution < 1.29 is 9.90 Å². The second-order valence-corrected chi connectivity index (χ2v) is 7.62. The summed E-state index contributed by atoms with van der Waals surface area (Å²) >= 11 is 0. The summed E-state index contributed by atoms with van der Waals surface area (Å²) in [6, 6.07) is 0.181. The van der Waals surface area contributed by atoms with Crippen LogP contribution in [-0.2, 0) is 11.2 Å². The third-order valence-corrected chi connectivity index (χ3v) is 5.77.